The zero-order valence-electron chi connectivity index (χ0n) is 19.5. The highest BCUT2D eigenvalue weighted by Crippen LogP contribution is 2.25. The van der Waals surface area contributed by atoms with Crippen LogP contribution in [0.15, 0.2) is 48.7 Å². The molecule has 3 aromatic rings. The molecule has 10 heteroatoms. The Morgan fingerprint density at radius 1 is 0.971 bits per heavy atom. The largest absolute Gasteiger partial charge is 0.368 e. The maximum Gasteiger partial charge on any atom is 0.229 e. The number of carbonyl (C=O) groups excluding carboxylic acids is 2. The highest BCUT2D eigenvalue weighted by molar-refractivity contribution is 6.42. The number of hydrogen-bond donors (Lipinski definition) is 2. The molecule has 0 aliphatic carbocycles. The van der Waals surface area contributed by atoms with E-state index in [1.165, 1.54) is 13.1 Å². The lowest BCUT2D eigenvalue weighted by molar-refractivity contribution is -0.129. The first-order valence-electron chi connectivity index (χ1n) is 11.2. The van der Waals surface area contributed by atoms with Crippen molar-refractivity contribution in [2.75, 3.05) is 41.7 Å². The standard InChI is InChI=1S/C25H26Cl2N6O2/c1-16(34)21-15-29-25(31-24(21)28-14-18-3-8-22(26)23(27)13-18)30-19-4-6-20(7-5-19)33-11-9-32(10-12-33)17(2)35/h3-8,13,15H,9-12,14H2,1-2H3,(H2,28,29,30,31). The van der Waals surface area contributed by atoms with Gasteiger partial charge >= 0.3 is 0 Å². The second-order valence-electron chi connectivity index (χ2n) is 8.28. The van der Waals surface area contributed by atoms with E-state index in [0.29, 0.717) is 33.9 Å². The highest BCUT2D eigenvalue weighted by Gasteiger charge is 2.19. The molecule has 0 radical (unpaired) electrons. The monoisotopic (exact) mass is 512 g/mol. The van der Waals surface area contributed by atoms with E-state index >= 15 is 0 Å². The SMILES string of the molecule is CC(=O)c1cnc(Nc2ccc(N3CCN(C(C)=O)CC3)cc2)nc1NCc1ccc(Cl)c(Cl)c1. The van der Waals surface area contributed by atoms with E-state index in [2.05, 4.69) is 25.5 Å². The van der Waals surface area contributed by atoms with Crippen molar-refractivity contribution in [3.63, 3.8) is 0 Å². The second-order valence-corrected chi connectivity index (χ2v) is 9.09. The van der Waals surface area contributed by atoms with E-state index < -0.39 is 0 Å². The Hall–Kier alpha value is -3.36. The molecule has 1 saturated heterocycles. The molecule has 0 atom stereocenters. The molecule has 1 amide bonds. The summed E-state index contributed by atoms with van der Waals surface area (Å²) in [5.41, 5.74) is 3.22. The molecule has 2 N–H and O–H groups in total. The number of anilines is 4. The van der Waals surface area contributed by atoms with Gasteiger partial charge in [-0.3, -0.25) is 9.59 Å². The fraction of sp³-hybridized carbons (Fsp3) is 0.280. The summed E-state index contributed by atoms with van der Waals surface area (Å²) >= 11 is 12.1. The number of carbonyl (C=O) groups is 2. The molecule has 2 aromatic carbocycles. The number of Topliss-reactive ketones (excluding diaryl/α,β-unsaturated/α-hetero) is 1. The molecule has 1 aromatic heterocycles. The maximum absolute atomic E-state index is 12.1. The van der Waals surface area contributed by atoms with Crippen molar-refractivity contribution in [3.05, 3.63) is 69.8 Å². The predicted molar refractivity (Wildman–Crippen MR) is 140 cm³/mol. The Kier molecular flexibility index (Phi) is 7.73. The van der Waals surface area contributed by atoms with Crippen LogP contribution in [0.1, 0.15) is 29.8 Å². The van der Waals surface area contributed by atoms with Crippen LogP contribution in [0.3, 0.4) is 0 Å². The molecule has 0 saturated carbocycles. The first-order valence-corrected chi connectivity index (χ1v) is 12.0. The molecule has 4 rings (SSSR count). The highest BCUT2D eigenvalue weighted by atomic mass is 35.5. The molecular weight excluding hydrogens is 487 g/mol. The van der Waals surface area contributed by atoms with Crippen LogP contribution in [-0.4, -0.2) is 52.7 Å². The summed E-state index contributed by atoms with van der Waals surface area (Å²) < 4.78 is 0. The van der Waals surface area contributed by atoms with E-state index in [4.69, 9.17) is 23.2 Å². The van der Waals surface area contributed by atoms with Crippen LogP contribution in [-0.2, 0) is 11.3 Å². The number of piperazine rings is 1. The first-order chi connectivity index (χ1) is 16.8. The van der Waals surface area contributed by atoms with Crippen LogP contribution in [0.5, 0.6) is 0 Å². The minimum atomic E-state index is -0.137. The summed E-state index contributed by atoms with van der Waals surface area (Å²) in [5, 5.41) is 7.34. The number of halogens is 2. The van der Waals surface area contributed by atoms with Crippen molar-refractivity contribution in [3.8, 4) is 0 Å². The van der Waals surface area contributed by atoms with Crippen molar-refractivity contribution >= 4 is 58.0 Å². The molecule has 1 fully saturated rings. The van der Waals surface area contributed by atoms with Gasteiger partial charge in [-0.25, -0.2) is 4.98 Å². The van der Waals surface area contributed by atoms with Gasteiger partial charge in [0.1, 0.15) is 5.82 Å². The van der Waals surface area contributed by atoms with Gasteiger partial charge in [0.05, 0.1) is 15.6 Å². The van der Waals surface area contributed by atoms with Gasteiger partial charge in [0, 0.05) is 57.2 Å². The molecule has 8 nitrogen and oxygen atoms in total. The molecular formula is C25H26Cl2N6O2. The smallest absolute Gasteiger partial charge is 0.229 e. The lowest BCUT2D eigenvalue weighted by Gasteiger charge is -2.35. The number of aromatic nitrogens is 2. The third kappa shape index (κ3) is 6.21. The fourth-order valence-corrected chi connectivity index (χ4v) is 4.15. The van der Waals surface area contributed by atoms with Crippen molar-refractivity contribution in [2.24, 2.45) is 0 Å². The number of ketones is 1. The van der Waals surface area contributed by atoms with E-state index in [9.17, 15) is 9.59 Å². The predicted octanol–water partition coefficient (Wildman–Crippen LogP) is 5.01. The fourth-order valence-electron chi connectivity index (χ4n) is 3.83. The minimum absolute atomic E-state index is 0.116. The third-order valence-corrected chi connectivity index (χ3v) is 6.56. The van der Waals surface area contributed by atoms with Crippen molar-refractivity contribution in [2.45, 2.75) is 20.4 Å². The van der Waals surface area contributed by atoms with Gasteiger partial charge < -0.3 is 20.4 Å². The van der Waals surface area contributed by atoms with Crippen LogP contribution in [0.4, 0.5) is 23.1 Å². The van der Waals surface area contributed by atoms with E-state index in [1.807, 2.05) is 35.2 Å². The molecule has 0 spiro atoms. The van der Waals surface area contributed by atoms with E-state index in [1.54, 1.807) is 19.1 Å². The topological polar surface area (TPSA) is 90.5 Å². The van der Waals surface area contributed by atoms with Gasteiger partial charge in [-0.2, -0.15) is 4.98 Å². The molecule has 1 aliphatic rings. The van der Waals surface area contributed by atoms with Gasteiger partial charge in [-0.1, -0.05) is 29.3 Å². The number of nitrogens with zero attached hydrogens (tertiary/aromatic N) is 4. The molecule has 182 valence electrons. The Balaban J connectivity index is 1.43. The van der Waals surface area contributed by atoms with Crippen LogP contribution in [0.2, 0.25) is 10.0 Å². The zero-order chi connectivity index (χ0) is 24.9. The Morgan fingerprint density at radius 2 is 1.69 bits per heavy atom. The maximum atomic E-state index is 12.1. The quantitative estimate of drug-likeness (QED) is 0.430. The van der Waals surface area contributed by atoms with Gasteiger partial charge in [0.15, 0.2) is 5.78 Å². The Morgan fingerprint density at radius 3 is 2.31 bits per heavy atom. The number of amides is 1. The van der Waals surface area contributed by atoms with Crippen LogP contribution >= 0.6 is 23.2 Å². The van der Waals surface area contributed by atoms with Gasteiger partial charge in [-0.15, -0.1) is 0 Å². The van der Waals surface area contributed by atoms with Crippen LogP contribution in [0.25, 0.3) is 0 Å². The van der Waals surface area contributed by atoms with E-state index in [0.717, 1.165) is 43.1 Å². The molecule has 0 unspecified atom stereocenters. The molecule has 2 heterocycles. The Bertz CT molecular complexity index is 1230. The minimum Gasteiger partial charge on any atom is -0.368 e. The number of benzene rings is 2. The van der Waals surface area contributed by atoms with Crippen molar-refractivity contribution in [1.29, 1.82) is 0 Å². The third-order valence-electron chi connectivity index (χ3n) is 5.83. The summed E-state index contributed by atoms with van der Waals surface area (Å²) in [6.07, 6.45) is 1.51. The average Bonchev–Trinajstić information content (AvgIpc) is 2.85. The Labute approximate surface area is 214 Å². The lowest BCUT2D eigenvalue weighted by Crippen LogP contribution is -2.48. The number of rotatable bonds is 7. The number of nitrogens with one attached hydrogen (secondary N) is 2. The summed E-state index contributed by atoms with van der Waals surface area (Å²) in [5.74, 6) is 0.781. The van der Waals surface area contributed by atoms with Gasteiger partial charge in [0.25, 0.3) is 0 Å². The van der Waals surface area contributed by atoms with Gasteiger partial charge in [-0.05, 0) is 48.9 Å². The summed E-state index contributed by atoms with van der Waals surface area (Å²) in [7, 11) is 0. The van der Waals surface area contributed by atoms with Crippen LogP contribution < -0.4 is 15.5 Å². The normalized spacial score (nSPS) is 13.5. The van der Waals surface area contributed by atoms with Crippen molar-refractivity contribution < 1.29 is 9.59 Å². The summed E-state index contributed by atoms with van der Waals surface area (Å²) in [6, 6.07) is 13.3. The summed E-state index contributed by atoms with van der Waals surface area (Å²) in [4.78, 5) is 36.6. The van der Waals surface area contributed by atoms with Crippen LogP contribution in [0, 0.1) is 0 Å². The van der Waals surface area contributed by atoms with Gasteiger partial charge in [0.2, 0.25) is 11.9 Å². The first kappa shape index (κ1) is 24.8. The lowest BCUT2D eigenvalue weighted by atomic mass is 10.2. The second kappa shape index (κ2) is 10.9. The molecule has 0 bridgehead atoms. The van der Waals surface area contributed by atoms with E-state index in [-0.39, 0.29) is 11.7 Å². The summed E-state index contributed by atoms with van der Waals surface area (Å²) in [6.45, 7) is 6.55. The molecule has 1 aliphatic heterocycles. The zero-order valence-corrected chi connectivity index (χ0v) is 21.0. The average molecular weight is 513 g/mol. The number of hydrogen-bond acceptors (Lipinski definition) is 7. The van der Waals surface area contributed by atoms with Crippen molar-refractivity contribution in [1.82, 2.24) is 14.9 Å². The molecule has 35 heavy (non-hydrogen) atoms.